The van der Waals surface area contributed by atoms with Crippen LogP contribution in [0.3, 0.4) is 0 Å². The zero-order chi connectivity index (χ0) is 26.3. The zero-order valence-corrected chi connectivity index (χ0v) is 21.4. The van der Waals surface area contributed by atoms with Gasteiger partial charge in [0.15, 0.2) is 4.77 Å². The molecule has 4 aromatic rings. The van der Waals surface area contributed by atoms with E-state index in [9.17, 15) is 14.7 Å². The van der Waals surface area contributed by atoms with Crippen LogP contribution >= 0.6 is 12.2 Å². The number of anilines is 1. The fourth-order valence-corrected chi connectivity index (χ4v) is 4.60. The minimum atomic E-state index is -0.543. The second kappa shape index (κ2) is 9.48. The van der Waals surface area contributed by atoms with Gasteiger partial charge in [0.2, 0.25) is 5.88 Å². The number of carbonyl (C=O) groups is 1. The smallest absolute Gasteiger partial charge is 0.280 e. The molecule has 1 N–H and O–H groups in total. The van der Waals surface area contributed by atoms with Gasteiger partial charge in [-0.3, -0.25) is 18.7 Å². The largest absolute Gasteiger partial charge is 0.494 e. The molecule has 1 aliphatic rings. The Morgan fingerprint density at radius 2 is 1.38 bits per heavy atom. The van der Waals surface area contributed by atoms with Gasteiger partial charge in [-0.2, -0.15) is 10.1 Å². The molecule has 8 heteroatoms. The maximum atomic E-state index is 13.7. The van der Waals surface area contributed by atoms with Crippen molar-refractivity contribution in [1.82, 2.24) is 9.13 Å². The van der Waals surface area contributed by atoms with Gasteiger partial charge in [0, 0.05) is 0 Å². The highest BCUT2D eigenvalue weighted by atomic mass is 32.1. The number of rotatable bonds is 4. The number of aryl methyl sites for hydroxylation is 2. The van der Waals surface area contributed by atoms with Gasteiger partial charge in [-0.05, 0) is 86.6 Å². The van der Waals surface area contributed by atoms with Crippen LogP contribution in [0.2, 0.25) is 0 Å². The van der Waals surface area contributed by atoms with Crippen LogP contribution in [0.4, 0.5) is 5.69 Å². The number of hydrogen-bond donors (Lipinski definition) is 1. The number of aromatic nitrogens is 2. The summed E-state index contributed by atoms with van der Waals surface area (Å²) in [6, 6.07) is 23.6. The Balaban J connectivity index is 1.72. The molecule has 0 saturated carbocycles. The van der Waals surface area contributed by atoms with Crippen molar-refractivity contribution in [2.75, 3.05) is 5.01 Å². The molecule has 184 valence electrons. The highest BCUT2D eigenvalue weighted by molar-refractivity contribution is 7.71. The van der Waals surface area contributed by atoms with Crippen LogP contribution in [0.15, 0.2) is 94.3 Å². The zero-order valence-electron chi connectivity index (χ0n) is 20.5. The summed E-state index contributed by atoms with van der Waals surface area (Å²) in [5, 5.41) is 17.1. The third kappa shape index (κ3) is 4.21. The van der Waals surface area contributed by atoms with Gasteiger partial charge >= 0.3 is 0 Å². The summed E-state index contributed by atoms with van der Waals surface area (Å²) in [6.45, 7) is 5.66. The summed E-state index contributed by atoms with van der Waals surface area (Å²) in [5.41, 5.74) is 3.92. The predicted molar refractivity (Wildman–Crippen MR) is 148 cm³/mol. The van der Waals surface area contributed by atoms with Crippen LogP contribution in [-0.4, -0.2) is 25.9 Å². The Hall–Kier alpha value is -4.56. The molecular formula is C29H24N4O3S. The van der Waals surface area contributed by atoms with E-state index in [1.807, 2.05) is 56.3 Å². The second-order valence-corrected chi connectivity index (χ2v) is 9.16. The van der Waals surface area contributed by atoms with Crippen molar-refractivity contribution < 1.29 is 9.90 Å². The fourth-order valence-electron chi connectivity index (χ4n) is 4.22. The van der Waals surface area contributed by atoms with Crippen LogP contribution in [-0.2, 0) is 4.79 Å². The van der Waals surface area contributed by atoms with E-state index in [2.05, 4.69) is 5.10 Å². The highest BCUT2D eigenvalue weighted by Crippen LogP contribution is 2.29. The van der Waals surface area contributed by atoms with E-state index >= 15 is 0 Å². The van der Waals surface area contributed by atoms with Crippen molar-refractivity contribution in [3.63, 3.8) is 0 Å². The van der Waals surface area contributed by atoms with E-state index in [4.69, 9.17) is 12.2 Å². The summed E-state index contributed by atoms with van der Waals surface area (Å²) < 4.78 is 2.87. The van der Waals surface area contributed by atoms with Crippen LogP contribution in [0.1, 0.15) is 23.6 Å². The Kier molecular flexibility index (Phi) is 6.19. The average Bonchev–Trinajstić information content (AvgIpc) is 3.17. The lowest BCUT2D eigenvalue weighted by molar-refractivity contribution is -0.114. The summed E-state index contributed by atoms with van der Waals surface area (Å²) >= 11 is 5.67. The van der Waals surface area contributed by atoms with Gasteiger partial charge in [0.05, 0.1) is 28.3 Å². The molecule has 0 aliphatic carbocycles. The molecule has 0 radical (unpaired) electrons. The molecule has 37 heavy (non-hydrogen) atoms. The van der Waals surface area contributed by atoms with Crippen molar-refractivity contribution in [2.24, 2.45) is 5.10 Å². The maximum Gasteiger partial charge on any atom is 0.280 e. The topological polar surface area (TPSA) is 79.8 Å². The monoisotopic (exact) mass is 508 g/mol. The number of hydrazone groups is 1. The van der Waals surface area contributed by atoms with Crippen LogP contribution < -0.4 is 10.6 Å². The SMILES string of the molecule is CC1=NN(c2ccc(C)c(C)c2)C(=O)/C1=C/c1c(O)n(-c2ccccc2)c(=S)n(-c2ccccc2)c1=O. The number of nitrogens with zero attached hydrogens (tertiary/aromatic N) is 4. The lowest BCUT2D eigenvalue weighted by Gasteiger charge is -2.17. The third-order valence-corrected chi connectivity index (χ3v) is 6.75. The lowest BCUT2D eigenvalue weighted by atomic mass is 10.1. The van der Waals surface area contributed by atoms with Crippen molar-refractivity contribution in [2.45, 2.75) is 20.8 Å². The summed E-state index contributed by atoms with van der Waals surface area (Å²) in [7, 11) is 0. The Morgan fingerprint density at radius 3 is 1.97 bits per heavy atom. The summed E-state index contributed by atoms with van der Waals surface area (Å²) in [6.07, 6.45) is 1.40. The maximum absolute atomic E-state index is 13.7. The van der Waals surface area contributed by atoms with Gasteiger partial charge in [0.25, 0.3) is 11.5 Å². The molecule has 1 amide bonds. The summed E-state index contributed by atoms with van der Waals surface area (Å²) in [4.78, 5) is 27.2. The first-order valence-corrected chi connectivity index (χ1v) is 12.1. The third-order valence-electron chi connectivity index (χ3n) is 6.38. The Morgan fingerprint density at radius 1 is 0.784 bits per heavy atom. The van der Waals surface area contributed by atoms with Gasteiger partial charge in [-0.1, -0.05) is 42.5 Å². The van der Waals surface area contributed by atoms with Crippen molar-refractivity contribution in [1.29, 1.82) is 0 Å². The summed E-state index contributed by atoms with van der Waals surface area (Å²) in [5.74, 6) is -0.745. The molecule has 5 rings (SSSR count). The first kappa shape index (κ1) is 24.1. The van der Waals surface area contributed by atoms with Crippen molar-refractivity contribution in [3.05, 3.63) is 116 Å². The molecule has 0 unspecified atom stereocenters. The molecule has 3 aromatic carbocycles. The number of carbonyl (C=O) groups excluding carboxylic acids is 1. The normalized spacial score (nSPS) is 14.4. The van der Waals surface area contributed by atoms with Gasteiger partial charge in [-0.15, -0.1) is 0 Å². The van der Waals surface area contributed by atoms with Crippen LogP contribution in [0, 0.1) is 18.6 Å². The molecule has 7 nitrogen and oxygen atoms in total. The van der Waals surface area contributed by atoms with E-state index < -0.39 is 5.56 Å². The van der Waals surface area contributed by atoms with E-state index in [1.54, 1.807) is 43.3 Å². The number of aromatic hydroxyl groups is 1. The quantitative estimate of drug-likeness (QED) is 0.292. The molecule has 0 fully saturated rings. The predicted octanol–water partition coefficient (Wildman–Crippen LogP) is 5.49. The van der Waals surface area contributed by atoms with Crippen LogP contribution in [0.25, 0.3) is 17.5 Å². The lowest BCUT2D eigenvalue weighted by Crippen LogP contribution is -2.26. The van der Waals surface area contributed by atoms with Gasteiger partial charge in [0.1, 0.15) is 5.56 Å². The van der Waals surface area contributed by atoms with E-state index in [0.29, 0.717) is 22.8 Å². The molecule has 1 aromatic heterocycles. The van der Waals surface area contributed by atoms with Crippen LogP contribution in [0.5, 0.6) is 5.88 Å². The first-order valence-electron chi connectivity index (χ1n) is 11.7. The molecule has 1 aliphatic heterocycles. The standard InChI is InChI=1S/C29H24N4O3S/c1-18-14-15-23(16-19(18)2)33-28(36)24(20(3)30-33)17-25-26(34)31(21-10-6-4-7-11-21)29(37)32(27(25)35)22-12-8-5-9-13-22/h4-17,34H,1-3H3/b24-17+. The minimum Gasteiger partial charge on any atom is -0.494 e. The van der Waals surface area contributed by atoms with E-state index in [-0.39, 0.29) is 27.7 Å². The van der Waals surface area contributed by atoms with Gasteiger partial charge < -0.3 is 5.11 Å². The Labute approximate surface area is 218 Å². The van der Waals surface area contributed by atoms with Crippen molar-refractivity contribution >= 4 is 35.6 Å². The average molecular weight is 509 g/mol. The number of amides is 1. The molecule has 0 spiro atoms. The second-order valence-electron chi connectivity index (χ2n) is 8.80. The number of hydrogen-bond acceptors (Lipinski definition) is 5. The molecule has 0 atom stereocenters. The molecule has 0 bridgehead atoms. The van der Waals surface area contributed by atoms with E-state index in [1.165, 1.54) is 20.2 Å². The first-order chi connectivity index (χ1) is 17.8. The minimum absolute atomic E-state index is 0.0684. The fraction of sp³-hybridized carbons (Fsp3) is 0.103. The molecular weight excluding hydrogens is 484 g/mol. The van der Waals surface area contributed by atoms with E-state index in [0.717, 1.165) is 11.1 Å². The molecule has 2 heterocycles. The number of benzene rings is 3. The highest BCUT2D eigenvalue weighted by Gasteiger charge is 2.30. The Bertz CT molecular complexity index is 1720. The van der Waals surface area contributed by atoms with Crippen molar-refractivity contribution in [3.8, 4) is 17.3 Å². The van der Waals surface area contributed by atoms with Gasteiger partial charge in [-0.25, -0.2) is 0 Å². The number of para-hydroxylation sites is 2. The molecule has 0 saturated heterocycles.